The number of thiazole rings is 1. The third kappa shape index (κ3) is 2.16. The van der Waals surface area contributed by atoms with E-state index >= 15 is 0 Å². The molecule has 1 aromatic heterocycles. The number of benzene rings is 1. The molecule has 2 rings (SSSR count). The molecule has 0 spiro atoms. The molecular weight excluding hydrogens is 210 g/mol. The summed E-state index contributed by atoms with van der Waals surface area (Å²) in [7, 11) is 0. The number of rotatable bonds is 2. The van der Waals surface area contributed by atoms with E-state index in [9.17, 15) is 5.11 Å². The second-order valence-electron chi connectivity index (χ2n) is 3.30. The predicted molar refractivity (Wildman–Crippen MR) is 59.8 cm³/mol. The number of phenolic OH excluding ortho intramolecular Hbond substituents is 1. The van der Waals surface area contributed by atoms with Gasteiger partial charge in [-0.2, -0.15) is 0 Å². The van der Waals surface area contributed by atoms with Gasteiger partial charge in [0.05, 0.1) is 11.8 Å². The molecule has 4 heteroatoms. The highest BCUT2D eigenvalue weighted by molar-refractivity contribution is 7.13. The molecule has 0 fully saturated rings. The molecule has 0 bridgehead atoms. The van der Waals surface area contributed by atoms with Crippen LogP contribution in [-0.2, 0) is 0 Å². The van der Waals surface area contributed by atoms with Crippen molar-refractivity contribution in [1.82, 2.24) is 4.98 Å². The van der Waals surface area contributed by atoms with Gasteiger partial charge in [-0.15, -0.1) is 11.3 Å². The number of aliphatic hydroxyl groups excluding tert-OH is 1. The van der Waals surface area contributed by atoms with E-state index in [2.05, 4.69) is 4.98 Å². The minimum absolute atomic E-state index is 0.242. The summed E-state index contributed by atoms with van der Waals surface area (Å²) >= 11 is 1.48. The van der Waals surface area contributed by atoms with Gasteiger partial charge in [-0.1, -0.05) is 0 Å². The molecular formula is C11H11NO2S. The lowest BCUT2D eigenvalue weighted by molar-refractivity contribution is 0.195. The van der Waals surface area contributed by atoms with E-state index in [1.807, 2.05) is 5.38 Å². The average Bonchev–Trinajstić information content (AvgIpc) is 2.68. The fourth-order valence-electron chi connectivity index (χ4n) is 1.21. The summed E-state index contributed by atoms with van der Waals surface area (Å²) in [6, 6.07) is 6.86. The van der Waals surface area contributed by atoms with Gasteiger partial charge in [0.25, 0.3) is 0 Å². The van der Waals surface area contributed by atoms with Crippen LogP contribution in [0.5, 0.6) is 5.75 Å². The van der Waals surface area contributed by atoms with Crippen LogP contribution in [0.25, 0.3) is 10.6 Å². The molecule has 0 aliphatic carbocycles. The molecule has 2 N–H and O–H groups in total. The van der Waals surface area contributed by atoms with E-state index in [4.69, 9.17) is 5.11 Å². The van der Waals surface area contributed by atoms with Gasteiger partial charge in [0.2, 0.25) is 0 Å². The number of aromatic hydroxyl groups is 1. The average molecular weight is 221 g/mol. The van der Waals surface area contributed by atoms with Crippen molar-refractivity contribution in [3.8, 4) is 16.3 Å². The van der Waals surface area contributed by atoms with Crippen molar-refractivity contribution in [3.63, 3.8) is 0 Å². The van der Waals surface area contributed by atoms with Gasteiger partial charge in [0.15, 0.2) is 0 Å². The molecule has 0 radical (unpaired) electrons. The van der Waals surface area contributed by atoms with Gasteiger partial charge in [-0.05, 0) is 31.2 Å². The minimum Gasteiger partial charge on any atom is -0.508 e. The zero-order valence-electron chi connectivity index (χ0n) is 8.21. The normalized spacial score (nSPS) is 12.7. The topological polar surface area (TPSA) is 53.4 Å². The molecule has 2 aromatic rings. The highest BCUT2D eigenvalue weighted by Gasteiger charge is 2.08. The Morgan fingerprint density at radius 2 is 1.93 bits per heavy atom. The number of aliphatic hydroxyl groups is 1. The van der Waals surface area contributed by atoms with Crippen molar-refractivity contribution in [2.24, 2.45) is 0 Å². The maximum atomic E-state index is 9.33. The van der Waals surface area contributed by atoms with Crippen molar-refractivity contribution >= 4 is 11.3 Å². The van der Waals surface area contributed by atoms with E-state index in [0.29, 0.717) is 5.69 Å². The molecule has 78 valence electrons. The van der Waals surface area contributed by atoms with E-state index in [-0.39, 0.29) is 5.75 Å². The summed E-state index contributed by atoms with van der Waals surface area (Å²) in [6.07, 6.45) is -0.535. The molecule has 1 unspecified atom stereocenters. The maximum absolute atomic E-state index is 9.33. The van der Waals surface area contributed by atoms with Crippen molar-refractivity contribution in [1.29, 1.82) is 0 Å². The minimum atomic E-state index is -0.535. The Bertz CT molecular complexity index is 448. The van der Waals surface area contributed by atoms with Gasteiger partial charge in [-0.3, -0.25) is 0 Å². The second-order valence-corrected chi connectivity index (χ2v) is 4.16. The molecule has 3 nitrogen and oxygen atoms in total. The number of nitrogens with zero attached hydrogens (tertiary/aromatic N) is 1. The first kappa shape index (κ1) is 10.1. The van der Waals surface area contributed by atoms with Crippen LogP contribution >= 0.6 is 11.3 Å². The highest BCUT2D eigenvalue weighted by atomic mass is 32.1. The van der Waals surface area contributed by atoms with Gasteiger partial charge in [0.1, 0.15) is 10.8 Å². The van der Waals surface area contributed by atoms with Crippen LogP contribution in [0.2, 0.25) is 0 Å². The molecule has 0 aliphatic rings. The maximum Gasteiger partial charge on any atom is 0.123 e. The summed E-state index contributed by atoms with van der Waals surface area (Å²) in [5.41, 5.74) is 1.63. The number of hydrogen-bond acceptors (Lipinski definition) is 4. The van der Waals surface area contributed by atoms with Crippen LogP contribution in [0.15, 0.2) is 29.6 Å². The predicted octanol–water partition coefficient (Wildman–Crippen LogP) is 2.57. The van der Waals surface area contributed by atoms with Crippen molar-refractivity contribution in [2.45, 2.75) is 13.0 Å². The van der Waals surface area contributed by atoms with Gasteiger partial charge >= 0.3 is 0 Å². The van der Waals surface area contributed by atoms with Crippen LogP contribution in [0.1, 0.15) is 18.7 Å². The summed E-state index contributed by atoms with van der Waals surface area (Å²) in [5, 5.41) is 21.2. The monoisotopic (exact) mass is 221 g/mol. The highest BCUT2D eigenvalue weighted by Crippen LogP contribution is 2.27. The van der Waals surface area contributed by atoms with E-state index in [1.54, 1.807) is 31.2 Å². The van der Waals surface area contributed by atoms with Crippen LogP contribution in [-0.4, -0.2) is 15.2 Å². The zero-order chi connectivity index (χ0) is 10.8. The van der Waals surface area contributed by atoms with Crippen LogP contribution in [0, 0.1) is 0 Å². The Morgan fingerprint density at radius 3 is 2.47 bits per heavy atom. The molecule has 15 heavy (non-hydrogen) atoms. The lowest BCUT2D eigenvalue weighted by Gasteiger charge is -1.98. The largest absolute Gasteiger partial charge is 0.508 e. The Labute approximate surface area is 91.7 Å². The Hall–Kier alpha value is -1.39. The molecule has 0 saturated heterocycles. The smallest absolute Gasteiger partial charge is 0.123 e. The Balaban J connectivity index is 2.33. The molecule has 1 atom stereocenters. The second kappa shape index (κ2) is 4.00. The number of aromatic nitrogens is 1. The standard InChI is InChI=1S/C11H11NO2S/c1-7(13)10-6-15-11(12-10)8-2-4-9(14)5-3-8/h2-7,13-14H,1H3. The summed E-state index contributed by atoms with van der Waals surface area (Å²) in [6.45, 7) is 1.69. The van der Waals surface area contributed by atoms with Crippen LogP contribution in [0.4, 0.5) is 0 Å². The fourth-order valence-corrected chi connectivity index (χ4v) is 2.13. The van der Waals surface area contributed by atoms with Gasteiger partial charge in [0, 0.05) is 10.9 Å². The molecule has 1 heterocycles. The van der Waals surface area contributed by atoms with E-state index in [1.165, 1.54) is 11.3 Å². The Morgan fingerprint density at radius 1 is 1.27 bits per heavy atom. The van der Waals surface area contributed by atoms with Gasteiger partial charge in [-0.25, -0.2) is 4.98 Å². The third-order valence-corrected chi connectivity index (χ3v) is 2.97. The van der Waals surface area contributed by atoms with Gasteiger partial charge < -0.3 is 10.2 Å². The summed E-state index contributed by atoms with van der Waals surface area (Å²) < 4.78 is 0. The number of phenols is 1. The van der Waals surface area contributed by atoms with Crippen LogP contribution < -0.4 is 0 Å². The van der Waals surface area contributed by atoms with Crippen molar-refractivity contribution in [3.05, 3.63) is 35.3 Å². The van der Waals surface area contributed by atoms with E-state index in [0.717, 1.165) is 10.6 Å². The lowest BCUT2D eigenvalue weighted by Crippen LogP contribution is -1.90. The quantitative estimate of drug-likeness (QED) is 0.819. The Kier molecular flexibility index (Phi) is 2.70. The van der Waals surface area contributed by atoms with Crippen LogP contribution in [0.3, 0.4) is 0 Å². The van der Waals surface area contributed by atoms with Crippen molar-refractivity contribution in [2.75, 3.05) is 0 Å². The SMILES string of the molecule is CC(O)c1csc(-c2ccc(O)cc2)n1. The number of hydrogen-bond donors (Lipinski definition) is 2. The summed E-state index contributed by atoms with van der Waals surface area (Å²) in [5.74, 6) is 0.242. The lowest BCUT2D eigenvalue weighted by atomic mass is 10.2. The molecule has 0 amide bonds. The molecule has 0 aliphatic heterocycles. The first-order chi connectivity index (χ1) is 7.16. The van der Waals surface area contributed by atoms with Crippen molar-refractivity contribution < 1.29 is 10.2 Å². The summed E-state index contributed by atoms with van der Waals surface area (Å²) in [4.78, 5) is 4.30. The first-order valence-corrected chi connectivity index (χ1v) is 5.47. The third-order valence-electron chi connectivity index (χ3n) is 2.06. The molecule has 0 saturated carbocycles. The zero-order valence-corrected chi connectivity index (χ0v) is 9.03. The molecule has 1 aromatic carbocycles. The van der Waals surface area contributed by atoms with E-state index < -0.39 is 6.10 Å². The first-order valence-electron chi connectivity index (χ1n) is 4.59. The fraction of sp³-hybridized carbons (Fsp3) is 0.182.